The standard InChI is InChI=1S/C20H23NO3/c22-18-8-10-21(14-20(18)9-3-11-24-20)19(23)13-15-6-7-16-4-1-2-5-17(16)12-15/h1-2,4-7,12,18,22H,3,8-11,13-14H2/t18-,20-/m0/s1. The maximum atomic E-state index is 12.7. The van der Waals surface area contributed by atoms with Crippen molar-refractivity contribution in [3.8, 4) is 0 Å². The minimum absolute atomic E-state index is 0.118. The van der Waals surface area contributed by atoms with Crippen molar-refractivity contribution in [2.24, 2.45) is 0 Å². The number of carbonyl (C=O) groups is 1. The Labute approximate surface area is 142 Å². The van der Waals surface area contributed by atoms with Crippen LogP contribution in [0.15, 0.2) is 42.5 Å². The van der Waals surface area contributed by atoms with Crippen LogP contribution in [0, 0.1) is 0 Å². The van der Waals surface area contributed by atoms with Gasteiger partial charge in [0.25, 0.3) is 0 Å². The Bertz CT molecular complexity index is 751. The molecule has 0 aromatic heterocycles. The van der Waals surface area contributed by atoms with Crippen LogP contribution in [0.5, 0.6) is 0 Å². The summed E-state index contributed by atoms with van der Waals surface area (Å²) in [5.41, 5.74) is 0.503. The number of hydrogen-bond donors (Lipinski definition) is 1. The molecule has 4 rings (SSSR count). The van der Waals surface area contributed by atoms with Gasteiger partial charge < -0.3 is 14.7 Å². The van der Waals surface area contributed by atoms with Crippen LogP contribution < -0.4 is 0 Å². The molecular formula is C20H23NO3. The molecule has 0 unspecified atom stereocenters. The Morgan fingerprint density at radius 3 is 2.88 bits per heavy atom. The largest absolute Gasteiger partial charge is 0.390 e. The van der Waals surface area contributed by atoms with Crippen molar-refractivity contribution in [2.75, 3.05) is 19.7 Å². The second-order valence-electron chi connectivity index (χ2n) is 6.99. The van der Waals surface area contributed by atoms with E-state index in [0.29, 0.717) is 32.5 Å². The van der Waals surface area contributed by atoms with E-state index in [-0.39, 0.29) is 5.91 Å². The van der Waals surface area contributed by atoms with Crippen molar-refractivity contribution in [1.29, 1.82) is 0 Å². The fourth-order valence-corrected chi connectivity index (χ4v) is 4.00. The van der Waals surface area contributed by atoms with Crippen molar-refractivity contribution in [1.82, 2.24) is 4.90 Å². The van der Waals surface area contributed by atoms with Crippen LogP contribution in [0.2, 0.25) is 0 Å². The van der Waals surface area contributed by atoms with E-state index in [9.17, 15) is 9.90 Å². The van der Waals surface area contributed by atoms with Crippen LogP contribution in [-0.2, 0) is 16.0 Å². The van der Waals surface area contributed by atoms with Crippen LogP contribution in [0.3, 0.4) is 0 Å². The van der Waals surface area contributed by atoms with Gasteiger partial charge in [0.15, 0.2) is 0 Å². The quantitative estimate of drug-likeness (QED) is 0.923. The smallest absolute Gasteiger partial charge is 0.227 e. The minimum atomic E-state index is -0.530. The first-order valence-electron chi connectivity index (χ1n) is 8.74. The van der Waals surface area contributed by atoms with Gasteiger partial charge in [-0.15, -0.1) is 0 Å². The lowest BCUT2D eigenvalue weighted by Gasteiger charge is -2.43. The van der Waals surface area contributed by atoms with Gasteiger partial charge in [-0.1, -0.05) is 42.5 Å². The number of amides is 1. The van der Waals surface area contributed by atoms with Gasteiger partial charge in [-0.05, 0) is 35.6 Å². The topological polar surface area (TPSA) is 49.8 Å². The molecule has 4 nitrogen and oxygen atoms in total. The summed E-state index contributed by atoms with van der Waals surface area (Å²) in [6.07, 6.45) is 2.35. The highest BCUT2D eigenvalue weighted by molar-refractivity contribution is 5.85. The van der Waals surface area contributed by atoms with Gasteiger partial charge in [0.05, 0.1) is 19.1 Å². The SMILES string of the molecule is O=C(Cc1ccc2ccccc2c1)N1CC[C@H](O)[C@]2(CCCO2)C1. The van der Waals surface area contributed by atoms with E-state index in [0.717, 1.165) is 23.8 Å². The maximum Gasteiger partial charge on any atom is 0.227 e. The maximum absolute atomic E-state index is 12.7. The molecule has 0 bridgehead atoms. The van der Waals surface area contributed by atoms with Crippen molar-refractivity contribution in [2.45, 2.75) is 37.4 Å². The summed E-state index contributed by atoms with van der Waals surface area (Å²) in [7, 11) is 0. The Morgan fingerprint density at radius 1 is 1.25 bits per heavy atom. The molecule has 126 valence electrons. The number of nitrogens with zero attached hydrogens (tertiary/aromatic N) is 1. The molecule has 2 heterocycles. The highest BCUT2D eigenvalue weighted by Crippen LogP contribution is 2.35. The number of rotatable bonds is 2. The second kappa shape index (κ2) is 6.19. The number of aliphatic hydroxyl groups excluding tert-OH is 1. The lowest BCUT2D eigenvalue weighted by Crippen LogP contribution is -2.58. The summed E-state index contributed by atoms with van der Waals surface area (Å²) in [5.74, 6) is 0.118. The van der Waals surface area contributed by atoms with E-state index in [1.807, 2.05) is 23.1 Å². The monoisotopic (exact) mass is 325 g/mol. The summed E-state index contributed by atoms with van der Waals surface area (Å²) in [4.78, 5) is 14.6. The van der Waals surface area contributed by atoms with E-state index in [1.54, 1.807) is 0 Å². The predicted octanol–water partition coefficient (Wildman–Crippen LogP) is 2.52. The number of benzene rings is 2. The van der Waals surface area contributed by atoms with E-state index in [4.69, 9.17) is 4.74 Å². The third-order valence-corrected chi connectivity index (χ3v) is 5.39. The molecule has 24 heavy (non-hydrogen) atoms. The molecule has 0 aliphatic carbocycles. The first-order valence-corrected chi connectivity index (χ1v) is 8.74. The summed E-state index contributed by atoms with van der Waals surface area (Å²) in [5, 5.41) is 12.7. The first kappa shape index (κ1) is 15.6. The molecule has 2 atom stereocenters. The average molecular weight is 325 g/mol. The Balaban J connectivity index is 1.49. The summed E-state index contributed by atoms with van der Waals surface area (Å²) >= 11 is 0. The lowest BCUT2D eigenvalue weighted by molar-refractivity contribution is -0.154. The van der Waals surface area contributed by atoms with Gasteiger partial charge in [-0.25, -0.2) is 0 Å². The zero-order chi connectivity index (χ0) is 16.6. The van der Waals surface area contributed by atoms with E-state index in [2.05, 4.69) is 24.3 Å². The van der Waals surface area contributed by atoms with E-state index >= 15 is 0 Å². The normalized spacial score (nSPS) is 27.0. The number of likely N-dealkylation sites (tertiary alicyclic amines) is 1. The third kappa shape index (κ3) is 2.80. The Morgan fingerprint density at radius 2 is 2.08 bits per heavy atom. The lowest BCUT2D eigenvalue weighted by atomic mass is 9.87. The highest BCUT2D eigenvalue weighted by atomic mass is 16.5. The van der Waals surface area contributed by atoms with Crippen LogP contribution in [-0.4, -0.2) is 47.3 Å². The molecule has 2 fully saturated rings. The van der Waals surface area contributed by atoms with Crippen molar-refractivity contribution in [3.05, 3.63) is 48.0 Å². The fourth-order valence-electron chi connectivity index (χ4n) is 4.00. The molecule has 0 saturated carbocycles. The highest BCUT2D eigenvalue weighted by Gasteiger charge is 2.47. The minimum Gasteiger partial charge on any atom is -0.390 e. The zero-order valence-corrected chi connectivity index (χ0v) is 13.8. The number of piperidine rings is 1. The molecule has 4 heteroatoms. The van der Waals surface area contributed by atoms with Crippen LogP contribution in [0.1, 0.15) is 24.8 Å². The molecule has 1 amide bonds. The van der Waals surface area contributed by atoms with Crippen molar-refractivity contribution in [3.63, 3.8) is 0 Å². The summed E-state index contributed by atoms with van der Waals surface area (Å²) in [6, 6.07) is 14.4. The number of hydrogen-bond acceptors (Lipinski definition) is 3. The van der Waals surface area contributed by atoms with Gasteiger partial charge in [0.2, 0.25) is 5.91 Å². The molecule has 2 aliphatic rings. The van der Waals surface area contributed by atoms with Gasteiger partial charge in [0, 0.05) is 13.2 Å². The van der Waals surface area contributed by atoms with Crippen molar-refractivity contribution >= 4 is 16.7 Å². The Hall–Kier alpha value is -1.91. The molecule has 1 N–H and O–H groups in total. The van der Waals surface area contributed by atoms with Gasteiger partial charge in [0.1, 0.15) is 5.60 Å². The summed E-state index contributed by atoms with van der Waals surface area (Å²) in [6.45, 7) is 1.81. The van der Waals surface area contributed by atoms with E-state index in [1.165, 1.54) is 5.39 Å². The Kier molecular flexibility index (Phi) is 4.02. The number of ether oxygens (including phenoxy) is 1. The van der Waals surface area contributed by atoms with Crippen LogP contribution in [0.4, 0.5) is 0 Å². The number of aliphatic hydroxyl groups is 1. The second-order valence-corrected chi connectivity index (χ2v) is 6.99. The molecule has 2 aliphatic heterocycles. The van der Waals surface area contributed by atoms with Gasteiger partial charge in [-0.2, -0.15) is 0 Å². The van der Waals surface area contributed by atoms with E-state index < -0.39 is 11.7 Å². The van der Waals surface area contributed by atoms with Gasteiger partial charge >= 0.3 is 0 Å². The average Bonchev–Trinajstić information content (AvgIpc) is 3.06. The molecule has 2 aromatic carbocycles. The molecular weight excluding hydrogens is 302 g/mol. The van der Waals surface area contributed by atoms with Crippen LogP contribution in [0.25, 0.3) is 10.8 Å². The fraction of sp³-hybridized carbons (Fsp3) is 0.450. The third-order valence-electron chi connectivity index (χ3n) is 5.39. The summed E-state index contributed by atoms with van der Waals surface area (Å²) < 4.78 is 5.84. The molecule has 1 spiro atoms. The number of carbonyl (C=O) groups excluding carboxylic acids is 1. The van der Waals surface area contributed by atoms with Crippen molar-refractivity contribution < 1.29 is 14.6 Å². The van der Waals surface area contributed by atoms with Crippen LogP contribution >= 0.6 is 0 Å². The molecule has 0 radical (unpaired) electrons. The molecule has 2 saturated heterocycles. The molecule has 2 aromatic rings. The van der Waals surface area contributed by atoms with Gasteiger partial charge in [-0.3, -0.25) is 4.79 Å². The number of fused-ring (bicyclic) bond motifs is 1. The predicted molar refractivity (Wildman–Crippen MR) is 92.8 cm³/mol. The zero-order valence-electron chi connectivity index (χ0n) is 13.8. The first-order chi connectivity index (χ1) is 11.7.